The molecule has 1 aliphatic heterocycles. The van der Waals surface area contributed by atoms with E-state index in [4.69, 9.17) is 0 Å². The number of anilines is 1. The Hall–Kier alpha value is -1.77. The smallest absolute Gasteiger partial charge is 0.225 e. The number of hydrogen-bond donors (Lipinski definition) is 2. The van der Waals surface area contributed by atoms with Gasteiger partial charge in [-0.2, -0.15) is 0 Å². The van der Waals surface area contributed by atoms with Gasteiger partial charge in [0.1, 0.15) is 0 Å². The monoisotopic (exact) mass is 216 g/mol. The number of rotatable bonds is 3. The van der Waals surface area contributed by atoms with Crippen molar-refractivity contribution in [2.75, 3.05) is 18.4 Å². The summed E-state index contributed by atoms with van der Waals surface area (Å²) in [6.07, 6.45) is 2.51. The van der Waals surface area contributed by atoms with Crippen molar-refractivity contribution in [2.24, 2.45) is 5.92 Å². The third-order valence-electron chi connectivity index (χ3n) is 2.81. The van der Waals surface area contributed by atoms with E-state index >= 15 is 0 Å². The second-order valence-corrected chi connectivity index (χ2v) is 3.97. The van der Waals surface area contributed by atoms with Crippen molar-refractivity contribution in [3.8, 4) is 0 Å². The highest BCUT2D eigenvalue weighted by atomic mass is 16.1. The van der Waals surface area contributed by atoms with Gasteiger partial charge in [-0.1, -0.05) is 24.3 Å². The van der Waals surface area contributed by atoms with Gasteiger partial charge in [-0.25, -0.2) is 0 Å². The molecule has 1 heterocycles. The Balaban J connectivity index is 2.02. The molecule has 0 aromatic heterocycles. The Morgan fingerprint density at radius 1 is 1.56 bits per heavy atom. The van der Waals surface area contributed by atoms with Gasteiger partial charge in [-0.05, 0) is 18.1 Å². The molecule has 1 aromatic rings. The molecule has 3 nitrogen and oxygen atoms in total. The summed E-state index contributed by atoms with van der Waals surface area (Å²) in [6.45, 7) is 4.83. The molecule has 1 aromatic carbocycles. The number of para-hydroxylation sites is 1. The summed E-state index contributed by atoms with van der Waals surface area (Å²) in [4.78, 5) is 11.8. The molecule has 0 fully saturated rings. The predicted molar refractivity (Wildman–Crippen MR) is 65.3 cm³/mol. The molecule has 0 radical (unpaired) electrons. The molecule has 1 aliphatic rings. The Kier molecular flexibility index (Phi) is 3.25. The molecule has 84 valence electrons. The number of amides is 1. The van der Waals surface area contributed by atoms with Gasteiger partial charge in [0.25, 0.3) is 0 Å². The first-order valence-corrected chi connectivity index (χ1v) is 5.51. The number of carbonyl (C=O) groups is 1. The number of hydrogen-bond acceptors (Lipinski definition) is 2. The zero-order valence-corrected chi connectivity index (χ0v) is 9.20. The van der Waals surface area contributed by atoms with Crippen LogP contribution in [-0.4, -0.2) is 19.0 Å². The molecule has 0 spiro atoms. The predicted octanol–water partition coefficient (Wildman–Crippen LogP) is 1.57. The van der Waals surface area contributed by atoms with Crippen molar-refractivity contribution >= 4 is 11.6 Å². The highest BCUT2D eigenvalue weighted by Crippen LogP contribution is 2.24. The molecule has 0 aliphatic carbocycles. The van der Waals surface area contributed by atoms with Crippen LogP contribution in [0.4, 0.5) is 5.69 Å². The first kappa shape index (κ1) is 10.7. The van der Waals surface area contributed by atoms with Crippen LogP contribution in [0.3, 0.4) is 0 Å². The van der Waals surface area contributed by atoms with Gasteiger partial charge in [0.2, 0.25) is 5.91 Å². The summed E-state index contributed by atoms with van der Waals surface area (Å²) in [5, 5.41) is 6.12. The van der Waals surface area contributed by atoms with Crippen molar-refractivity contribution < 1.29 is 4.79 Å². The molecule has 2 N–H and O–H groups in total. The van der Waals surface area contributed by atoms with E-state index in [1.54, 1.807) is 6.08 Å². The third-order valence-corrected chi connectivity index (χ3v) is 2.81. The lowest BCUT2D eigenvalue weighted by atomic mass is 9.93. The molecule has 2 rings (SSSR count). The zero-order chi connectivity index (χ0) is 11.4. The normalized spacial score (nSPS) is 18.1. The summed E-state index contributed by atoms with van der Waals surface area (Å²) < 4.78 is 0. The first-order valence-electron chi connectivity index (χ1n) is 5.51. The summed E-state index contributed by atoms with van der Waals surface area (Å²) in [5.41, 5.74) is 2.36. The van der Waals surface area contributed by atoms with Gasteiger partial charge in [0.05, 0.1) is 5.92 Å². The van der Waals surface area contributed by atoms with E-state index in [9.17, 15) is 4.79 Å². The van der Waals surface area contributed by atoms with Crippen molar-refractivity contribution in [3.63, 3.8) is 0 Å². The van der Waals surface area contributed by atoms with Gasteiger partial charge < -0.3 is 10.6 Å². The quantitative estimate of drug-likeness (QED) is 0.753. The maximum atomic E-state index is 11.8. The van der Waals surface area contributed by atoms with Crippen LogP contribution >= 0.6 is 0 Å². The zero-order valence-electron chi connectivity index (χ0n) is 9.20. The van der Waals surface area contributed by atoms with E-state index < -0.39 is 0 Å². The summed E-state index contributed by atoms with van der Waals surface area (Å²) in [6, 6.07) is 8.12. The number of benzene rings is 1. The summed E-state index contributed by atoms with van der Waals surface area (Å²) in [5.74, 6) is 0.122. The molecule has 1 amide bonds. The van der Waals surface area contributed by atoms with Crippen LogP contribution in [0, 0.1) is 5.92 Å². The number of fused-ring (bicyclic) bond motifs is 1. The minimum absolute atomic E-state index is 0.0230. The standard InChI is InChI=1S/C13H16N2O/c1-2-7-14-13(16)11-8-10-5-3-4-6-12(10)15-9-11/h2-6,11,15H,1,7-9H2,(H,14,16). The van der Waals surface area contributed by atoms with E-state index in [0.717, 1.165) is 12.1 Å². The van der Waals surface area contributed by atoms with Crippen molar-refractivity contribution in [1.82, 2.24) is 5.32 Å². The lowest BCUT2D eigenvalue weighted by Crippen LogP contribution is -2.38. The van der Waals surface area contributed by atoms with Crippen molar-refractivity contribution in [2.45, 2.75) is 6.42 Å². The Bertz CT molecular complexity index is 401. The summed E-state index contributed by atoms with van der Waals surface area (Å²) >= 11 is 0. The van der Waals surface area contributed by atoms with Gasteiger partial charge in [-0.15, -0.1) is 6.58 Å². The molecule has 0 saturated heterocycles. The summed E-state index contributed by atoms with van der Waals surface area (Å²) in [7, 11) is 0. The van der Waals surface area contributed by atoms with E-state index in [1.807, 2.05) is 18.2 Å². The second kappa shape index (κ2) is 4.84. The first-order chi connectivity index (χ1) is 7.81. The second-order valence-electron chi connectivity index (χ2n) is 3.97. The Morgan fingerprint density at radius 2 is 2.38 bits per heavy atom. The molecular formula is C13H16N2O. The fraction of sp³-hybridized carbons (Fsp3) is 0.308. The molecule has 1 unspecified atom stereocenters. The van der Waals surface area contributed by atoms with Gasteiger partial charge in [0.15, 0.2) is 0 Å². The highest BCUT2D eigenvalue weighted by molar-refractivity contribution is 5.80. The largest absolute Gasteiger partial charge is 0.384 e. The fourth-order valence-corrected chi connectivity index (χ4v) is 1.94. The van der Waals surface area contributed by atoms with Crippen molar-refractivity contribution in [1.29, 1.82) is 0 Å². The minimum Gasteiger partial charge on any atom is -0.384 e. The maximum Gasteiger partial charge on any atom is 0.225 e. The molecule has 1 atom stereocenters. The van der Waals surface area contributed by atoms with Gasteiger partial charge in [0, 0.05) is 18.8 Å². The average Bonchev–Trinajstić information content (AvgIpc) is 2.35. The maximum absolute atomic E-state index is 11.8. The lowest BCUT2D eigenvalue weighted by Gasteiger charge is -2.25. The van der Waals surface area contributed by atoms with Crippen LogP contribution in [0.5, 0.6) is 0 Å². The fourth-order valence-electron chi connectivity index (χ4n) is 1.94. The molecule has 0 saturated carbocycles. The molecule has 3 heteroatoms. The van der Waals surface area contributed by atoms with E-state index in [0.29, 0.717) is 13.1 Å². The third kappa shape index (κ3) is 2.24. The minimum atomic E-state index is 0.0230. The van der Waals surface area contributed by atoms with Crippen LogP contribution in [-0.2, 0) is 11.2 Å². The van der Waals surface area contributed by atoms with E-state index in [-0.39, 0.29) is 11.8 Å². The van der Waals surface area contributed by atoms with E-state index in [1.165, 1.54) is 5.56 Å². The highest BCUT2D eigenvalue weighted by Gasteiger charge is 2.23. The van der Waals surface area contributed by atoms with E-state index in [2.05, 4.69) is 23.3 Å². The van der Waals surface area contributed by atoms with Crippen LogP contribution < -0.4 is 10.6 Å². The molecular weight excluding hydrogens is 200 g/mol. The van der Waals surface area contributed by atoms with Crippen molar-refractivity contribution in [3.05, 3.63) is 42.5 Å². The van der Waals surface area contributed by atoms with Crippen LogP contribution in [0.15, 0.2) is 36.9 Å². The SMILES string of the molecule is C=CCNC(=O)C1CNc2ccccc2C1. The average molecular weight is 216 g/mol. The van der Waals surface area contributed by atoms with Gasteiger partial charge >= 0.3 is 0 Å². The van der Waals surface area contributed by atoms with Crippen LogP contribution in [0.2, 0.25) is 0 Å². The lowest BCUT2D eigenvalue weighted by molar-refractivity contribution is -0.124. The number of carbonyl (C=O) groups excluding carboxylic acids is 1. The topological polar surface area (TPSA) is 41.1 Å². The molecule has 0 bridgehead atoms. The van der Waals surface area contributed by atoms with Gasteiger partial charge in [-0.3, -0.25) is 4.79 Å². The Labute approximate surface area is 95.6 Å². The van der Waals surface area contributed by atoms with Crippen LogP contribution in [0.1, 0.15) is 5.56 Å². The van der Waals surface area contributed by atoms with Crippen LogP contribution in [0.25, 0.3) is 0 Å². The Morgan fingerprint density at radius 3 is 3.19 bits per heavy atom. The number of nitrogens with one attached hydrogen (secondary N) is 2. The molecule has 16 heavy (non-hydrogen) atoms.